The molecule has 0 bridgehead atoms. The van der Waals surface area contributed by atoms with Gasteiger partial charge in [-0.25, -0.2) is 13.1 Å². The van der Waals surface area contributed by atoms with Gasteiger partial charge in [0.2, 0.25) is 10.0 Å². The van der Waals surface area contributed by atoms with Crippen LogP contribution >= 0.6 is 0 Å². The van der Waals surface area contributed by atoms with Crippen LogP contribution in [-0.2, 0) is 16.4 Å². The molecule has 17 heavy (non-hydrogen) atoms. The number of nitrogens with one attached hydrogen (secondary N) is 2. The smallest absolute Gasteiger partial charge is 0.211 e. The molecule has 1 aromatic rings. The van der Waals surface area contributed by atoms with E-state index >= 15 is 0 Å². The van der Waals surface area contributed by atoms with Gasteiger partial charge in [-0.05, 0) is 32.1 Å². The van der Waals surface area contributed by atoms with E-state index in [1.54, 1.807) is 6.20 Å². The monoisotopic (exact) mass is 257 g/mol. The summed E-state index contributed by atoms with van der Waals surface area (Å²) in [6.45, 7) is 1.29. The van der Waals surface area contributed by atoms with Gasteiger partial charge in [0.15, 0.2) is 0 Å². The van der Waals surface area contributed by atoms with E-state index in [1.807, 2.05) is 25.2 Å². The van der Waals surface area contributed by atoms with Gasteiger partial charge in [-0.2, -0.15) is 0 Å². The van der Waals surface area contributed by atoms with Crippen LogP contribution in [0.5, 0.6) is 0 Å². The molecule has 0 spiro atoms. The molecule has 1 aromatic heterocycles. The van der Waals surface area contributed by atoms with E-state index in [1.165, 1.54) is 0 Å². The standard InChI is InChI=1S/C11H19N3O2S/c1-12-7-4-9-14-17(15,16)10-6-11-5-2-3-8-13-11/h2-3,5,8,12,14H,4,6-7,9-10H2,1H3. The van der Waals surface area contributed by atoms with Crippen LogP contribution < -0.4 is 10.0 Å². The van der Waals surface area contributed by atoms with Crippen molar-refractivity contribution in [3.05, 3.63) is 30.1 Å². The first-order valence-electron chi connectivity index (χ1n) is 5.66. The highest BCUT2D eigenvalue weighted by Gasteiger charge is 2.09. The van der Waals surface area contributed by atoms with Crippen molar-refractivity contribution in [2.45, 2.75) is 12.8 Å². The van der Waals surface area contributed by atoms with E-state index < -0.39 is 10.0 Å². The number of nitrogens with zero attached hydrogens (tertiary/aromatic N) is 1. The molecule has 96 valence electrons. The number of sulfonamides is 1. The third-order valence-corrected chi connectivity index (χ3v) is 3.66. The molecule has 6 heteroatoms. The Kier molecular flexibility index (Phi) is 6.10. The van der Waals surface area contributed by atoms with Crippen LogP contribution in [0.15, 0.2) is 24.4 Å². The molecular formula is C11H19N3O2S. The lowest BCUT2D eigenvalue weighted by Crippen LogP contribution is -2.29. The third-order valence-electron chi connectivity index (χ3n) is 2.28. The average Bonchev–Trinajstić information content (AvgIpc) is 2.34. The summed E-state index contributed by atoms with van der Waals surface area (Å²) in [5.74, 6) is 0.0869. The van der Waals surface area contributed by atoms with Crippen molar-refractivity contribution in [3.8, 4) is 0 Å². The second-order valence-corrected chi connectivity index (χ2v) is 5.67. The first-order chi connectivity index (χ1) is 8.14. The Balaban J connectivity index is 2.30. The quantitative estimate of drug-likeness (QED) is 0.651. The second-order valence-electron chi connectivity index (χ2n) is 3.74. The minimum atomic E-state index is -3.18. The summed E-state index contributed by atoms with van der Waals surface area (Å²) in [7, 11) is -1.34. The van der Waals surface area contributed by atoms with Gasteiger partial charge in [0.05, 0.1) is 5.75 Å². The zero-order valence-corrected chi connectivity index (χ0v) is 10.8. The van der Waals surface area contributed by atoms with Crippen molar-refractivity contribution in [1.82, 2.24) is 15.0 Å². The number of hydrogen-bond donors (Lipinski definition) is 2. The summed E-state index contributed by atoms with van der Waals surface area (Å²) in [5.41, 5.74) is 0.799. The highest BCUT2D eigenvalue weighted by molar-refractivity contribution is 7.89. The van der Waals surface area contributed by atoms with Crippen molar-refractivity contribution in [3.63, 3.8) is 0 Å². The lowest BCUT2D eigenvalue weighted by Gasteiger charge is -2.06. The minimum Gasteiger partial charge on any atom is -0.320 e. The van der Waals surface area contributed by atoms with Gasteiger partial charge in [-0.15, -0.1) is 0 Å². The summed E-state index contributed by atoms with van der Waals surface area (Å²) in [6.07, 6.45) is 2.91. The van der Waals surface area contributed by atoms with Gasteiger partial charge in [-0.1, -0.05) is 6.07 Å². The Labute approximate surface area is 103 Å². The molecule has 0 amide bonds. The number of aryl methyl sites for hydroxylation is 1. The molecule has 0 radical (unpaired) electrons. The Hall–Kier alpha value is -0.980. The molecule has 0 aliphatic carbocycles. The molecular weight excluding hydrogens is 238 g/mol. The molecule has 0 aliphatic rings. The fraction of sp³-hybridized carbons (Fsp3) is 0.545. The van der Waals surface area contributed by atoms with Gasteiger partial charge in [0.1, 0.15) is 0 Å². The van der Waals surface area contributed by atoms with Crippen molar-refractivity contribution in [1.29, 1.82) is 0 Å². The van der Waals surface area contributed by atoms with Gasteiger partial charge in [0, 0.05) is 24.9 Å². The summed E-state index contributed by atoms with van der Waals surface area (Å²) < 4.78 is 25.8. The minimum absolute atomic E-state index is 0.0869. The van der Waals surface area contributed by atoms with Crippen molar-refractivity contribution < 1.29 is 8.42 Å². The summed E-state index contributed by atoms with van der Waals surface area (Å²) in [6, 6.07) is 5.50. The summed E-state index contributed by atoms with van der Waals surface area (Å²) in [5, 5.41) is 2.97. The van der Waals surface area contributed by atoms with Crippen LogP contribution in [-0.4, -0.2) is 39.3 Å². The first-order valence-corrected chi connectivity index (χ1v) is 7.31. The van der Waals surface area contributed by atoms with Crippen LogP contribution in [0.25, 0.3) is 0 Å². The SMILES string of the molecule is CNCCCNS(=O)(=O)CCc1ccccn1. The molecule has 0 fully saturated rings. The Morgan fingerprint density at radius 1 is 1.29 bits per heavy atom. The molecule has 1 heterocycles. The number of hydrogen-bond acceptors (Lipinski definition) is 4. The van der Waals surface area contributed by atoms with Gasteiger partial charge in [-0.3, -0.25) is 4.98 Å². The fourth-order valence-corrected chi connectivity index (χ4v) is 2.43. The number of rotatable bonds is 8. The van der Waals surface area contributed by atoms with Crippen molar-refractivity contribution in [2.75, 3.05) is 25.9 Å². The predicted molar refractivity (Wildman–Crippen MR) is 68.3 cm³/mol. The molecule has 2 N–H and O–H groups in total. The summed E-state index contributed by atoms with van der Waals surface area (Å²) >= 11 is 0. The van der Waals surface area contributed by atoms with Crippen LogP contribution in [0, 0.1) is 0 Å². The maximum Gasteiger partial charge on any atom is 0.211 e. The lowest BCUT2D eigenvalue weighted by molar-refractivity contribution is 0.576. The molecule has 0 atom stereocenters. The topological polar surface area (TPSA) is 71.1 Å². The van der Waals surface area contributed by atoms with Gasteiger partial charge in [0.25, 0.3) is 0 Å². The van der Waals surface area contributed by atoms with E-state index in [0.29, 0.717) is 13.0 Å². The Morgan fingerprint density at radius 3 is 2.76 bits per heavy atom. The van der Waals surface area contributed by atoms with E-state index in [4.69, 9.17) is 0 Å². The second kappa shape index (κ2) is 7.37. The van der Waals surface area contributed by atoms with Crippen LogP contribution in [0.3, 0.4) is 0 Å². The molecule has 0 saturated carbocycles. The van der Waals surface area contributed by atoms with Crippen LogP contribution in [0.1, 0.15) is 12.1 Å². The Bertz CT molecular complexity index is 406. The maximum absolute atomic E-state index is 11.6. The molecule has 0 aromatic carbocycles. The number of aromatic nitrogens is 1. The normalized spacial score (nSPS) is 11.6. The zero-order valence-electron chi connectivity index (χ0n) is 10.0. The molecule has 0 saturated heterocycles. The van der Waals surface area contributed by atoms with Gasteiger partial charge < -0.3 is 5.32 Å². The van der Waals surface area contributed by atoms with Crippen molar-refractivity contribution >= 4 is 10.0 Å². The van der Waals surface area contributed by atoms with Crippen LogP contribution in [0.4, 0.5) is 0 Å². The first kappa shape index (κ1) is 14.1. The lowest BCUT2D eigenvalue weighted by atomic mass is 10.3. The highest BCUT2D eigenvalue weighted by atomic mass is 32.2. The average molecular weight is 257 g/mol. The highest BCUT2D eigenvalue weighted by Crippen LogP contribution is 1.97. The zero-order chi connectivity index (χ0) is 12.6. The van der Waals surface area contributed by atoms with Crippen molar-refractivity contribution in [2.24, 2.45) is 0 Å². The largest absolute Gasteiger partial charge is 0.320 e. The molecule has 0 unspecified atom stereocenters. The van der Waals surface area contributed by atoms with E-state index in [-0.39, 0.29) is 5.75 Å². The Morgan fingerprint density at radius 2 is 2.12 bits per heavy atom. The van der Waals surface area contributed by atoms with E-state index in [0.717, 1.165) is 18.7 Å². The molecule has 5 nitrogen and oxygen atoms in total. The van der Waals surface area contributed by atoms with Gasteiger partial charge >= 0.3 is 0 Å². The summed E-state index contributed by atoms with van der Waals surface area (Å²) in [4.78, 5) is 4.09. The fourth-order valence-electron chi connectivity index (χ4n) is 1.35. The molecule has 0 aliphatic heterocycles. The van der Waals surface area contributed by atoms with E-state index in [9.17, 15) is 8.42 Å². The third kappa shape index (κ3) is 6.35. The number of pyridine rings is 1. The maximum atomic E-state index is 11.6. The van der Waals surface area contributed by atoms with Crippen LogP contribution in [0.2, 0.25) is 0 Å². The predicted octanol–water partition coefficient (Wildman–Crippen LogP) is 0.153. The van der Waals surface area contributed by atoms with E-state index in [2.05, 4.69) is 15.0 Å². The molecule has 1 rings (SSSR count).